The Hall–Kier alpha value is -8.73. The number of carboxylic acids is 2. The highest BCUT2D eigenvalue weighted by molar-refractivity contribution is 7.86. The average molecular weight is 1340 g/mol. The van der Waals surface area contributed by atoms with Gasteiger partial charge in [-0.15, -0.1) is 0 Å². The molecule has 496 valence electrons. The number of carboxylic acid groups (broad SMARTS) is 2. The molecule has 0 bridgehead atoms. The second kappa shape index (κ2) is 30.4. The Labute approximate surface area is 540 Å². The molecule has 4 amide bonds. The Balaban J connectivity index is 1.30. The molecule has 4 aromatic carbocycles. The number of aromatic nitrogens is 2. The maximum absolute atomic E-state index is 13.9. The quantitative estimate of drug-likeness (QED) is 0.0108. The van der Waals surface area contributed by atoms with Crippen molar-refractivity contribution in [1.29, 1.82) is 0 Å². The topological polar surface area (TPSA) is 383 Å². The molecular formula is C66H77N7O17S3. The van der Waals surface area contributed by atoms with Crippen LogP contribution in [0.3, 0.4) is 0 Å². The first-order valence-corrected chi connectivity index (χ1v) is 34.9. The fraction of sp³-hybridized carbons (Fsp3) is 0.364. The van der Waals surface area contributed by atoms with E-state index in [1.54, 1.807) is 12.1 Å². The van der Waals surface area contributed by atoms with Gasteiger partial charge in [-0.1, -0.05) is 108 Å². The van der Waals surface area contributed by atoms with Crippen molar-refractivity contribution in [2.75, 3.05) is 54.9 Å². The molecule has 0 fully saturated rings. The van der Waals surface area contributed by atoms with Crippen molar-refractivity contribution in [2.45, 2.75) is 103 Å². The van der Waals surface area contributed by atoms with Gasteiger partial charge in [-0.25, -0.2) is 9.97 Å². The number of benzene rings is 4. The number of nitrogens with one attached hydrogen (secondary N) is 4. The van der Waals surface area contributed by atoms with E-state index in [-0.39, 0.29) is 61.7 Å². The van der Waals surface area contributed by atoms with Gasteiger partial charge in [0.2, 0.25) is 0 Å². The molecule has 93 heavy (non-hydrogen) atoms. The summed E-state index contributed by atoms with van der Waals surface area (Å²) in [5.74, 6) is -6.90. The Morgan fingerprint density at radius 3 is 1.41 bits per heavy atom. The van der Waals surface area contributed by atoms with E-state index in [4.69, 9.17) is 10.2 Å². The molecule has 3 heterocycles. The molecule has 24 nitrogen and oxygen atoms in total. The summed E-state index contributed by atoms with van der Waals surface area (Å²) in [5, 5.41) is 31.5. The molecule has 0 saturated heterocycles. The molecule has 0 spiro atoms. The normalized spacial score (nSPS) is 13.7. The van der Waals surface area contributed by atoms with E-state index >= 15 is 0 Å². The molecule has 0 atom stereocenters. The third kappa shape index (κ3) is 19.0. The summed E-state index contributed by atoms with van der Waals surface area (Å²) in [5.41, 5.74) is 4.00. The van der Waals surface area contributed by atoms with Crippen LogP contribution in [0.25, 0.3) is 43.8 Å². The number of unbranched alkanes of at least 4 members (excludes halogenated alkanes) is 4. The number of rotatable bonds is 32. The molecule has 7 rings (SSSR count). The third-order valence-corrected chi connectivity index (χ3v) is 18.5. The highest BCUT2D eigenvalue weighted by Gasteiger charge is 2.42. The lowest BCUT2D eigenvalue weighted by molar-refractivity contribution is -0.138. The molecule has 0 unspecified atom stereocenters. The number of fused-ring (bicyclic) bond motifs is 4. The fourth-order valence-electron chi connectivity index (χ4n) is 11.3. The summed E-state index contributed by atoms with van der Waals surface area (Å²) in [6.45, 7) is 14.0. The average Bonchev–Trinajstić information content (AvgIpc) is 1.60. The zero-order valence-corrected chi connectivity index (χ0v) is 54.7. The van der Waals surface area contributed by atoms with Crippen molar-refractivity contribution in [2.24, 2.45) is 0 Å². The van der Waals surface area contributed by atoms with Crippen LogP contribution in [0.2, 0.25) is 0 Å². The number of carbonyl (C=O) groups is 6. The molecular weight excluding hydrogens is 1260 g/mol. The second-order valence-electron chi connectivity index (χ2n) is 23.7. The lowest BCUT2D eigenvalue weighted by atomic mass is 9.74. The van der Waals surface area contributed by atoms with Gasteiger partial charge in [-0.3, -0.25) is 42.4 Å². The van der Waals surface area contributed by atoms with Crippen molar-refractivity contribution >= 4 is 93.2 Å². The summed E-state index contributed by atoms with van der Waals surface area (Å²) in [6, 6.07) is 24.8. The summed E-state index contributed by atoms with van der Waals surface area (Å²) < 4.78 is 99.4. The lowest BCUT2D eigenvalue weighted by Gasteiger charge is -2.30. The van der Waals surface area contributed by atoms with Crippen LogP contribution in [-0.4, -0.2) is 145 Å². The van der Waals surface area contributed by atoms with E-state index in [1.807, 2.05) is 112 Å². The molecule has 1 aliphatic heterocycles. The number of anilines is 1. The van der Waals surface area contributed by atoms with Crippen molar-refractivity contribution in [3.05, 3.63) is 160 Å². The van der Waals surface area contributed by atoms with Gasteiger partial charge in [0.25, 0.3) is 54.0 Å². The molecule has 0 radical (unpaired) electrons. The first-order valence-electron chi connectivity index (χ1n) is 30.1. The van der Waals surface area contributed by atoms with Crippen LogP contribution in [0.15, 0.2) is 121 Å². The van der Waals surface area contributed by atoms with Crippen LogP contribution in [-0.2, 0) is 50.8 Å². The molecule has 9 N–H and O–H groups in total. The molecule has 0 aliphatic carbocycles. The summed E-state index contributed by atoms with van der Waals surface area (Å²) >= 11 is 0. The largest absolute Gasteiger partial charge is 0.481 e. The predicted molar refractivity (Wildman–Crippen MR) is 354 cm³/mol. The Morgan fingerprint density at radius 1 is 0.559 bits per heavy atom. The number of allylic oxidation sites excluding steroid dienone is 5. The first-order chi connectivity index (χ1) is 43.7. The number of pyridine rings is 2. The van der Waals surface area contributed by atoms with Crippen LogP contribution in [0.1, 0.15) is 144 Å². The van der Waals surface area contributed by atoms with Crippen LogP contribution >= 0.6 is 0 Å². The smallest absolute Gasteiger partial charge is 0.303 e. The molecule has 2 aromatic heterocycles. The van der Waals surface area contributed by atoms with Crippen LogP contribution < -0.4 is 26.2 Å². The number of aliphatic carboxylic acids is 2. The minimum absolute atomic E-state index is 0.00721. The van der Waals surface area contributed by atoms with E-state index in [1.165, 1.54) is 18.2 Å². The monoisotopic (exact) mass is 1340 g/mol. The Bertz CT molecular complexity index is 4340. The minimum atomic E-state index is -4.46. The first kappa shape index (κ1) is 71.7. The van der Waals surface area contributed by atoms with Crippen molar-refractivity contribution in [3.8, 4) is 22.3 Å². The molecule has 6 aromatic rings. The number of hydrogen-bond donors (Lipinski definition) is 9. The van der Waals surface area contributed by atoms with Gasteiger partial charge in [0.1, 0.15) is 22.8 Å². The van der Waals surface area contributed by atoms with Gasteiger partial charge in [-0.05, 0) is 142 Å². The second-order valence-corrected chi connectivity index (χ2v) is 28.5. The molecule has 27 heteroatoms. The highest BCUT2D eigenvalue weighted by Crippen LogP contribution is 2.53. The van der Waals surface area contributed by atoms with Crippen LogP contribution in [0.5, 0.6) is 0 Å². The van der Waals surface area contributed by atoms with Gasteiger partial charge < -0.3 is 36.4 Å². The highest BCUT2D eigenvalue weighted by atomic mass is 32.2. The summed E-state index contributed by atoms with van der Waals surface area (Å²) in [6.07, 6.45) is 8.31. The zero-order valence-electron chi connectivity index (χ0n) is 52.2. The van der Waals surface area contributed by atoms with Gasteiger partial charge >= 0.3 is 11.9 Å². The van der Waals surface area contributed by atoms with Gasteiger partial charge in [-0.2, -0.15) is 25.3 Å². The lowest BCUT2D eigenvalue weighted by Crippen LogP contribution is -2.31. The van der Waals surface area contributed by atoms with Gasteiger partial charge in [0.15, 0.2) is 0 Å². The van der Waals surface area contributed by atoms with E-state index < -0.39 is 107 Å². The fourth-order valence-corrected chi connectivity index (χ4v) is 12.5. The minimum Gasteiger partial charge on any atom is -0.481 e. The van der Waals surface area contributed by atoms with Gasteiger partial charge in [0, 0.05) is 67.5 Å². The van der Waals surface area contributed by atoms with Crippen molar-refractivity contribution in [3.63, 3.8) is 0 Å². The van der Waals surface area contributed by atoms with Crippen molar-refractivity contribution in [1.82, 2.24) is 31.2 Å². The van der Waals surface area contributed by atoms with Crippen LogP contribution in [0.4, 0.5) is 5.69 Å². The maximum atomic E-state index is 13.9. The SMILES string of the molecule is C=C(/C=C/C=C1/N(CCCS(=O)(=O)O)c2c(cc(-c3cc(C(=O)NCCCCCC(=O)O)nc(C(=O)NCCS(=O)(=O)O)c3)c3ccccc23)C1(C)C)C(C)(C)c1cc(-c2cc(C(=O)NCCCCCC(=O)O)nc(C(=O)NCCS(=O)(=O)O)c2)c2ccccc2c1C. The van der Waals surface area contributed by atoms with E-state index in [0.717, 1.165) is 33.2 Å². The number of carbonyl (C=O) groups excluding carboxylic acids is 4. The molecule has 0 saturated carbocycles. The van der Waals surface area contributed by atoms with Crippen molar-refractivity contribution < 1.29 is 77.9 Å². The van der Waals surface area contributed by atoms with E-state index in [2.05, 4.69) is 37.8 Å². The summed E-state index contributed by atoms with van der Waals surface area (Å²) in [7, 11) is -13.3. The van der Waals surface area contributed by atoms with Crippen LogP contribution in [0, 0.1) is 6.92 Å². The van der Waals surface area contributed by atoms with E-state index in [0.29, 0.717) is 82.8 Å². The maximum Gasteiger partial charge on any atom is 0.303 e. The number of amides is 4. The molecule has 1 aliphatic rings. The van der Waals surface area contributed by atoms with E-state index in [9.17, 15) is 67.7 Å². The third-order valence-electron chi connectivity index (χ3n) is 16.2. The predicted octanol–water partition coefficient (Wildman–Crippen LogP) is 8.76. The Kier molecular flexibility index (Phi) is 23.4. The number of nitrogens with zero attached hydrogens (tertiary/aromatic N) is 3. The van der Waals surface area contributed by atoms with Gasteiger partial charge in [0.05, 0.1) is 22.9 Å². The standard InChI is InChI=1S/C66H77N7O17S3/c1-41(65(3,4)51-39-49(46-21-12-11-20-45(46)42(51)2)43-35-53(61(78)67-27-15-7-9-25-58(74)75)71-55(36-43)63(80)69-29-33-92(85,86)87)19-17-24-57-66(5,6)52-40-50(47-22-13-14-23-48(47)60(52)73(57)31-18-32-91(82,83)84)44-37-54(62(79)68-28-16-8-10-26-59(76)77)72-56(38-44)64(81)70-30-34-93(88,89)90/h11-14,17,19-24,35-40H,1,7-10,15-16,18,25-34H2,2-6H3,(H,67,78)(H,68,79)(H,69,80)(H,70,81)(H,74,75)(H,76,77)(H,82,83,84)(H,85,86,87)(H,88,89,90)/b19-17+,57-24+. The zero-order chi connectivity index (χ0) is 68.2. The summed E-state index contributed by atoms with van der Waals surface area (Å²) in [4.78, 5) is 87.9. The number of aryl methyl sites for hydroxylation is 1. The Morgan fingerprint density at radius 2 is 0.968 bits per heavy atom. The number of hydrogen-bond acceptors (Lipinski definition) is 15.